The van der Waals surface area contributed by atoms with Crippen LogP contribution in [0, 0.1) is 12.3 Å². The van der Waals surface area contributed by atoms with Gasteiger partial charge in [0, 0.05) is 6.54 Å². The SMILES string of the molecule is C#CCn1ncc(NCCS(N)(=O)=O)c(Br)c1=O. The van der Waals surface area contributed by atoms with Gasteiger partial charge in [0.2, 0.25) is 10.0 Å². The fourth-order valence-corrected chi connectivity index (χ4v) is 1.95. The van der Waals surface area contributed by atoms with Crippen LogP contribution in [0.15, 0.2) is 15.5 Å². The highest BCUT2D eigenvalue weighted by Gasteiger charge is 2.09. The van der Waals surface area contributed by atoms with Crippen molar-refractivity contribution < 1.29 is 8.42 Å². The van der Waals surface area contributed by atoms with Crippen molar-refractivity contribution in [3.05, 3.63) is 21.0 Å². The first-order valence-electron chi connectivity index (χ1n) is 4.78. The first-order valence-corrected chi connectivity index (χ1v) is 7.29. The molecule has 0 aliphatic heterocycles. The van der Waals surface area contributed by atoms with Crippen molar-refractivity contribution >= 4 is 31.6 Å². The number of nitrogens with zero attached hydrogens (tertiary/aromatic N) is 2. The number of nitrogens with one attached hydrogen (secondary N) is 1. The minimum Gasteiger partial charge on any atom is -0.382 e. The third kappa shape index (κ3) is 4.14. The first-order chi connectivity index (χ1) is 8.35. The highest BCUT2D eigenvalue weighted by Crippen LogP contribution is 2.15. The number of aromatic nitrogens is 2. The topological polar surface area (TPSA) is 107 Å². The van der Waals surface area contributed by atoms with Gasteiger partial charge in [-0.3, -0.25) is 4.79 Å². The van der Waals surface area contributed by atoms with Crippen LogP contribution in [-0.2, 0) is 16.6 Å². The highest BCUT2D eigenvalue weighted by atomic mass is 79.9. The summed E-state index contributed by atoms with van der Waals surface area (Å²) in [5.41, 5.74) is -0.00882. The van der Waals surface area contributed by atoms with Gasteiger partial charge in [0.15, 0.2) is 0 Å². The number of sulfonamides is 1. The number of hydrogen-bond acceptors (Lipinski definition) is 5. The van der Waals surface area contributed by atoms with Crippen molar-refractivity contribution in [2.75, 3.05) is 17.6 Å². The fourth-order valence-electron chi connectivity index (χ4n) is 1.12. The number of hydrogen-bond donors (Lipinski definition) is 2. The monoisotopic (exact) mass is 334 g/mol. The second kappa shape index (κ2) is 5.99. The summed E-state index contributed by atoms with van der Waals surface area (Å²) in [5.74, 6) is 2.05. The van der Waals surface area contributed by atoms with Crippen molar-refractivity contribution in [2.45, 2.75) is 6.54 Å². The largest absolute Gasteiger partial charge is 0.382 e. The van der Waals surface area contributed by atoms with Crippen LogP contribution in [0.1, 0.15) is 0 Å². The lowest BCUT2D eigenvalue weighted by Gasteiger charge is -2.08. The highest BCUT2D eigenvalue weighted by molar-refractivity contribution is 9.10. The van der Waals surface area contributed by atoms with E-state index < -0.39 is 15.6 Å². The van der Waals surface area contributed by atoms with Crippen LogP contribution in [-0.4, -0.2) is 30.5 Å². The van der Waals surface area contributed by atoms with Gasteiger partial charge in [-0.25, -0.2) is 18.2 Å². The van der Waals surface area contributed by atoms with E-state index in [4.69, 9.17) is 11.6 Å². The van der Waals surface area contributed by atoms with E-state index in [0.29, 0.717) is 5.69 Å². The molecular weight excluding hydrogens is 324 g/mol. The van der Waals surface area contributed by atoms with Crippen LogP contribution in [0.4, 0.5) is 5.69 Å². The summed E-state index contributed by atoms with van der Waals surface area (Å²) < 4.78 is 22.8. The molecular formula is C9H11BrN4O3S. The van der Waals surface area contributed by atoms with Gasteiger partial charge in [-0.2, -0.15) is 5.10 Å². The molecule has 1 rings (SSSR count). The number of halogens is 1. The standard InChI is InChI=1S/C9H11BrN4O3S/c1-2-4-14-9(15)8(10)7(6-13-14)12-3-5-18(11,16)17/h1,6,12H,3-5H2,(H2,11,16,17). The van der Waals surface area contributed by atoms with Gasteiger partial charge < -0.3 is 5.32 Å². The van der Waals surface area contributed by atoms with Gasteiger partial charge in [-0.05, 0) is 15.9 Å². The number of nitrogens with two attached hydrogens (primary N) is 1. The molecule has 0 bridgehead atoms. The van der Waals surface area contributed by atoms with E-state index >= 15 is 0 Å². The molecule has 0 saturated heterocycles. The second-order valence-corrected chi connectivity index (χ2v) is 5.86. The number of rotatable bonds is 5. The quantitative estimate of drug-likeness (QED) is 0.695. The lowest BCUT2D eigenvalue weighted by atomic mass is 10.4. The van der Waals surface area contributed by atoms with Crippen molar-refractivity contribution in [3.63, 3.8) is 0 Å². The van der Waals surface area contributed by atoms with E-state index in [1.165, 1.54) is 6.20 Å². The molecule has 18 heavy (non-hydrogen) atoms. The summed E-state index contributed by atoms with van der Waals surface area (Å²) in [7, 11) is -3.54. The maximum Gasteiger partial charge on any atom is 0.284 e. The molecule has 0 aliphatic carbocycles. The van der Waals surface area contributed by atoms with Crippen molar-refractivity contribution in [2.24, 2.45) is 5.14 Å². The van der Waals surface area contributed by atoms with Gasteiger partial charge in [0.25, 0.3) is 5.56 Å². The van der Waals surface area contributed by atoms with E-state index in [2.05, 4.69) is 32.3 Å². The summed E-state index contributed by atoms with van der Waals surface area (Å²) in [4.78, 5) is 11.7. The Labute approximate surface area is 113 Å². The molecule has 0 saturated carbocycles. The van der Waals surface area contributed by atoms with Crippen LogP contribution in [0.2, 0.25) is 0 Å². The van der Waals surface area contributed by atoms with Crippen LogP contribution in [0.5, 0.6) is 0 Å². The van der Waals surface area contributed by atoms with E-state index in [9.17, 15) is 13.2 Å². The smallest absolute Gasteiger partial charge is 0.284 e. The third-order valence-corrected chi connectivity index (χ3v) is 3.47. The molecule has 98 valence electrons. The Morgan fingerprint density at radius 3 is 2.83 bits per heavy atom. The predicted octanol–water partition coefficient (Wildman–Crippen LogP) is -0.661. The average Bonchev–Trinajstić information content (AvgIpc) is 2.27. The lowest BCUT2D eigenvalue weighted by molar-refractivity contribution is 0.598. The molecule has 0 aliphatic rings. The van der Waals surface area contributed by atoms with Crippen LogP contribution in [0.25, 0.3) is 0 Å². The summed E-state index contributed by atoms with van der Waals surface area (Å²) >= 11 is 3.10. The molecule has 7 nitrogen and oxygen atoms in total. The molecule has 0 radical (unpaired) electrons. The molecule has 1 heterocycles. The van der Waals surface area contributed by atoms with Crippen LogP contribution in [0.3, 0.4) is 0 Å². The molecule has 0 fully saturated rings. The van der Waals surface area contributed by atoms with Gasteiger partial charge in [0.1, 0.15) is 11.0 Å². The maximum atomic E-state index is 11.7. The van der Waals surface area contributed by atoms with Crippen LogP contribution >= 0.6 is 15.9 Å². The van der Waals surface area contributed by atoms with Crippen LogP contribution < -0.4 is 16.0 Å². The van der Waals surface area contributed by atoms with Crippen molar-refractivity contribution in [1.82, 2.24) is 9.78 Å². The minimum atomic E-state index is -3.54. The minimum absolute atomic E-state index is 0.0644. The molecule has 1 aromatic rings. The third-order valence-electron chi connectivity index (χ3n) is 1.93. The molecule has 9 heteroatoms. The molecule has 3 N–H and O–H groups in total. The second-order valence-electron chi connectivity index (χ2n) is 3.33. The van der Waals surface area contributed by atoms with Gasteiger partial charge in [0.05, 0.1) is 17.6 Å². The zero-order valence-corrected chi connectivity index (χ0v) is 11.7. The molecule has 0 aromatic carbocycles. The Morgan fingerprint density at radius 1 is 1.61 bits per heavy atom. The predicted molar refractivity (Wildman–Crippen MR) is 71.5 cm³/mol. The molecule has 0 unspecified atom stereocenters. The Bertz CT molecular complexity index is 632. The van der Waals surface area contributed by atoms with Crippen molar-refractivity contribution in [1.29, 1.82) is 0 Å². The number of terminal acetylenes is 1. The lowest BCUT2D eigenvalue weighted by Crippen LogP contribution is -2.26. The fraction of sp³-hybridized carbons (Fsp3) is 0.333. The van der Waals surface area contributed by atoms with Gasteiger partial charge in [-0.15, -0.1) is 6.42 Å². The van der Waals surface area contributed by atoms with Gasteiger partial charge in [-0.1, -0.05) is 5.92 Å². The number of anilines is 1. The van der Waals surface area contributed by atoms with E-state index in [-0.39, 0.29) is 23.3 Å². The van der Waals surface area contributed by atoms with E-state index in [1.807, 2.05) is 0 Å². The summed E-state index contributed by atoms with van der Waals surface area (Å²) in [6, 6.07) is 0. The maximum absolute atomic E-state index is 11.7. The van der Waals surface area contributed by atoms with E-state index in [1.54, 1.807) is 0 Å². The summed E-state index contributed by atoms with van der Waals surface area (Å²) in [6.07, 6.45) is 6.47. The average molecular weight is 335 g/mol. The zero-order chi connectivity index (χ0) is 13.8. The first kappa shape index (κ1) is 14.7. The van der Waals surface area contributed by atoms with E-state index in [0.717, 1.165) is 4.68 Å². The van der Waals surface area contributed by atoms with Gasteiger partial charge >= 0.3 is 0 Å². The zero-order valence-electron chi connectivity index (χ0n) is 9.26. The molecule has 0 atom stereocenters. The summed E-state index contributed by atoms with van der Waals surface area (Å²) in [6.45, 7) is 0.145. The summed E-state index contributed by atoms with van der Waals surface area (Å²) in [5, 5.41) is 11.4. The van der Waals surface area contributed by atoms with Crippen molar-refractivity contribution in [3.8, 4) is 12.3 Å². The Kier molecular flexibility index (Phi) is 4.89. The Balaban J connectivity index is 2.84. The normalized spacial score (nSPS) is 10.9. The molecule has 1 aromatic heterocycles. The number of primary sulfonamides is 1. The molecule has 0 amide bonds. The Morgan fingerprint density at radius 2 is 2.28 bits per heavy atom. The molecule has 0 spiro atoms. The Hall–Kier alpha value is -1.37.